The van der Waals surface area contributed by atoms with Crippen LogP contribution in [-0.4, -0.2) is 22.9 Å². The molecule has 0 aliphatic heterocycles. The van der Waals surface area contributed by atoms with Gasteiger partial charge in [-0.3, -0.25) is 9.79 Å². The Bertz CT molecular complexity index is 1200. The van der Waals surface area contributed by atoms with Gasteiger partial charge in [-0.2, -0.15) is 5.26 Å². The molecule has 0 bridgehead atoms. The maximum Gasteiger partial charge on any atom is 0.235 e. The topological polar surface area (TPSA) is 78.1 Å². The number of aromatic nitrogens is 1. The van der Waals surface area contributed by atoms with Crippen molar-refractivity contribution in [3.05, 3.63) is 69.3 Å². The first-order valence-electron chi connectivity index (χ1n) is 10.3. The third-order valence-corrected chi connectivity index (χ3v) is 7.72. The van der Waals surface area contributed by atoms with Gasteiger partial charge in [-0.05, 0) is 67.1 Å². The predicted octanol–water partition coefficient (Wildman–Crippen LogP) is 6.27. The fraction of sp³-hybridized carbons (Fsp3) is 0.250. The van der Waals surface area contributed by atoms with Crippen LogP contribution in [0.2, 0.25) is 5.15 Å². The molecule has 0 saturated carbocycles. The number of amides is 1. The number of thiophene rings is 1. The first kappa shape index (κ1) is 22.5. The van der Waals surface area contributed by atoms with Gasteiger partial charge in [0, 0.05) is 27.7 Å². The standard InChI is InChI=1S/C24H21ClN4OS2/c1-15-4-9-19-20(12-26)24(32-21(19)11-15)29-22(30)14-31-18-7-5-17(6-8-18)28-13-16-3-2-10-27-23(16)25/h2-3,5-8,10,13,15H,4,9,11,14H2,1H3,(H,29,30)/t15-/m0/s1. The summed E-state index contributed by atoms with van der Waals surface area (Å²) in [5, 5.41) is 13.6. The van der Waals surface area contributed by atoms with E-state index in [1.54, 1.807) is 23.7 Å². The zero-order chi connectivity index (χ0) is 22.5. The van der Waals surface area contributed by atoms with Crippen LogP contribution < -0.4 is 5.32 Å². The minimum atomic E-state index is -0.105. The molecule has 2 aromatic heterocycles. The summed E-state index contributed by atoms with van der Waals surface area (Å²) in [5.74, 6) is 0.796. The maximum atomic E-state index is 12.5. The number of aliphatic imine (C=N–C) groups is 1. The third-order valence-electron chi connectivity index (χ3n) is 5.22. The fourth-order valence-corrected chi connectivity index (χ4v) is 5.78. The van der Waals surface area contributed by atoms with Gasteiger partial charge < -0.3 is 5.32 Å². The second kappa shape index (κ2) is 10.3. The number of carbonyl (C=O) groups excluding carboxylic acids is 1. The number of thioether (sulfide) groups is 1. The number of hydrogen-bond acceptors (Lipinski definition) is 6. The summed E-state index contributed by atoms with van der Waals surface area (Å²) in [6.07, 6.45) is 6.32. The van der Waals surface area contributed by atoms with E-state index < -0.39 is 0 Å². The Hall–Kier alpha value is -2.66. The molecule has 0 unspecified atom stereocenters. The van der Waals surface area contributed by atoms with Gasteiger partial charge in [0.15, 0.2) is 0 Å². The first-order valence-corrected chi connectivity index (χ1v) is 12.4. The lowest BCUT2D eigenvalue weighted by Crippen LogP contribution is -2.14. The largest absolute Gasteiger partial charge is 0.316 e. The number of nitriles is 1. The minimum Gasteiger partial charge on any atom is -0.316 e. The highest BCUT2D eigenvalue weighted by Gasteiger charge is 2.24. The normalized spacial score (nSPS) is 15.3. The molecule has 32 heavy (non-hydrogen) atoms. The predicted molar refractivity (Wildman–Crippen MR) is 133 cm³/mol. The van der Waals surface area contributed by atoms with Crippen molar-refractivity contribution in [3.63, 3.8) is 0 Å². The van der Waals surface area contributed by atoms with Gasteiger partial charge >= 0.3 is 0 Å². The summed E-state index contributed by atoms with van der Waals surface area (Å²) < 4.78 is 0. The monoisotopic (exact) mass is 480 g/mol. The van der Waals surface area contributed by atoms with Crippen LogP contribution in [0.5, 0.6) is 0 Å². The van der Waals surface area contributed by atoms with Gasteiger partial charge in [-0.25, -0.2) is 4.98 Å². The van der Waals surface area contributed by atoms with Crippen LogP contribution in [0.15, 0.2) is 52.5 Å². The molecule has 162 valence electrons. The molecule has 1 atom stereocenters. The number of rotatable bonds is 6. The van der Waals surface area contributed by atoms with Crippen molar-refractivity contribution in [1.82, 2.24) is 4.98 Å². The zero-order valence-electron chi connectivity index (χ0n) is 17.5. The molecule has 0 fully saturated rings. The van der Waals surface area contributed by atoms with Gasteiger partial charge in [0.25, 0.3) is 0 Å². The smallest absolute Gasteiger partial charge is 0.235 e. The molecule has 0 saturated heterocycles. The Morgan fingerprint density at radius 3 is 2.97 bits per heavy atom. The van der Waals surface area contributed by atoms with Gasteiger partial charge in [0.05, 0.1) is 17.0 Å². The van der Waals surface area contributed by atoms with Gasteiger partial charge in [-0.15, -0.1) is 23.1 Å². The van der Waals surface area contributed by atoms with Crippen molar-refractivity contribution in [2.45, 2.75) is 31.1 Å². The Balaban J connectivity index is 1.34. The number of nitrogens with one attached hydrogen (secondary N) is 1. The number of benzene rings is 1. The molecule has 2 heterocycles. The SMILES string of the molecule is C[C@H]1CCc2c(sc(NC(=O)CSc3ccc(N=Cc4cccnc4Cl)cc3)c2C#N)C1. The summed E-state index contributed by atoms with van der Waals surface area (Å²) in [6.45, 7) is 2.23. The number of halogens is 1. The number of nitrogens with zero attached hydrogens (tertiary/aromatic N) is 3. The van der Waals surface area contributed by atoms with E-state index in [1.165, 1.54) is 16.6 Å². The fourth-order valence-electron chi connectivity index (χ4n) is 3.54. The molecule has 0 spiro atoms. The molecule has 8 heteroatoms. The molecule has 4 rings (SSSR count). The minimum absolute atomic E-state index is 0.105. The molecular weight excluding hydrogens is 460 g/mol. The second-order valence-electron chi connectivity index (χ2n) is 7.64. The lowest BCUT2D eigenvalue weighted by atomic mass is 9.89. The number of carbonyl (C=O) groups is 1. The van der Waals surface area contributed by atoms with Crippen molar-refractivity contribution in [3.8, 4) is 6.07 Å². The van der Waals surface area contributed by atoms with Crippen molar-refractivity contribution < 1.29 is 4.79 Å². The molecule has 1 aliphatic carbocycles. The Morgan fingerprint density at radius 2 is 2.22 bits per heavy atom. The van der Waals surface area contributed by atoms with E-state index in [2.05, 4.69) is 28.3 Å². The molecule has 1 amide bonds. The zero-order valence-corrected chi connectivity index (χ0v) is 19.9. The van der Waals surface area contributed by atoms with Crippen LogP contribution in [-0.2, 0) is 17.6 Å². The summed E-state index contributed by atoms with van der Waals surface area (Å²) in [6, 6.07) is 13.6. The lowest BCUT2D eigenvalue weighted by molar-refractivity contribution is -0.113. The summed E-state index contributed by atoms with van der Waals surface area (Å²) in [4.78, 5) is 23.2. The number of fused-ring (bicyclic) bond motifs is 1. The van der Waals surface area contributed by atoms with Crippen molar-refractivity contribution in [1.29, 1.82) is 5.26 Å². The molecule has 5 nitrogen and oxygen atoms in total. The van der Waals surface area contributed by atoms with Gasteiger partial charge in [0.1, 0.15) is 16.2 Å². The van der Waals surface area contributed by atoms with Crippen LogP contribution in [0.3, 0.4) is 0 Å². The third kappa shape index (κ3) is 5.39. The highest BCUT2D eigenvalue weighted by Crippen LogP contribution is 2.39. The van der Waals surface area contributed by atoms with Crippen LogP contribution in [0.4, 0.5) is 10.7 Å². The number of pyridine rings is 1. The molecule has 1 aliphatic rings. The highest BCUT2D eigenvalue weighted by molar-refractivity contribution is 8.00. The first-order chi connectivity index (χ1) is 15.5. The van der Waals surface area contributed by atoms with Crippen molar-refractivity contribution in [2.24, 2.45) is 10.9 Å². The van der Waals surface area contributed by atoms with E-state index in [0.717, 1.165) is 41.0 Å². The van der Waals surface area contributed by atoms with Crippen LogP contribution >= 0.6 is 34.7 Å². The summed E-state index contributed by atoms with van der Waals surface area (Å²) in [7, 11) is 0. The van der Waals surface area contributed by atoms with Crippen molar-refractivity contribution >= 4 is 57.5 Å². The van der Waals surface area contributed by atoms with Gasteiger partial charge in [-0.1, -0.05) is 18.5 Å². The Morgan fingerprint density at radius 1 is 1.41 bits per heavy atom. The van der Waals surface area contributed by atoms with Crippen LogP contribution in [0.1, 0.15) is 34.9 Å². The van der Waals surface area contributed by atoms with E-state index in [0.29, 0.717) is 21.6 Å². The van der Waals surface area contributed by atoms with Crippen LogP contribution in [0.25, 0.3) is 0 Å². The average molecular weight is 481 g/mol. The quantitative estimate of drug-likeness (QED) is 0.256. The number of anilines is 1. The van der Waals surface area contributed by atoms with E-state index in [9.17, 15) is 10.1 Å². The van der Waals surface area contributed by atoms with Crippen LogP contribution in [0, 0.1) is 17.2 Å². The van der Waals surface area contributed by atoms with Crippen molar-refractivity contribution in [2.75, 3.05) is 11.1 Å². The summed E-state index contributed by atoms with van der Waals surface area (Å²) in [5.41, 5.74) is 3.31. The maximum absolute atomic E-state index is 12.5. The van der Waals surface area contributed by atoms with E-state index in [-0.39, 0.29) is 11.7 Å². The number of hydrogen-bond donors (Lipinski definition) is 1. The Labute approximate surface area is 200 Å². The van der Waals surface area contributed by atoms with E-state index in [1.807, 2.05) is 36.4 Å². The molecular formula is C24H21ClN4OS2. The Kier molecular flexibility index (Phi) is 7.26. The average Bonchev–Trinajstić information content (AvgIpc) is 3.13. The van der Waals surface area contributed by atoms with Gasteiger partial charge in [0.2, 0.25) is 5.91 Å². The van der Waals surface area contributed by atoms with E-state index >= 15 is 0 Å². The molecule has 0 radical (unpaired) electrons. The molecule has 1 aromatic carbocycles. The lowest BCUT2D eigenvalue weighted by Gasteiger charge is -2.17. The summed E-state index contributed by atoms with van der Waals surface area (Å²) >= 11 is 9.04. The molecule has 3 aromatic rings. The highest BCUT2D eigenvalue weighted by atomic mass is 35.5. The second-order valence-corrected chi connectivity index (χ2v) is 10.2. The molecule has 1 N–H and O–H groups in total. The van der Waals surface area contributed by atoms with E-state index in [4.69, 9.17) is 11.6 Å².